The van der Waals surface area contributed by atoms with Crippen LogP contribution in [0.2, 0.25) is 0 Å². The van der Waals surface area contributed by atoms with Gasteiger partial charge in [0, 0.05) is 6.92 Å². The second kappa shape index (κ2) is 8.46. The van der Waals surface area contributed by atoms with Crippen molar-refractivity contribution in [2.45, 2.75) is 53.1 Å². The van der Waals surface area contributed by atoms with Crippen molar-refractivity contribution in [1.82, 2.24) is 14.9 Å². The maximum absolute atomic E-state index is 11.5. The quantitative estimate of drug-likeness (QED) is 0.645. The first-order chi connectivity index (χ1) is 13.4. The highest BCUT2D eigenvalue weighted by Gasteiger charge is 2.17. The van der Waals surface area contributed by atoms with Gasteiger partial charge in [-0.25, -0.2) is 4.98 Å². The molecule has 1 heterocycles. The summed E-state index contributed by atoms with van der Waals surface area (Å²) in [4.78, 5) is 16.3. The summed E-state index contributed by atoms with van der Waals surface area (Å²) >= 11 is 0. The third-order valence-electron chi connectivity index (χ3n) is 4.85. The Labute approximate surface area is 166 Å². The summed E-state index contributed by atoms with van der Waals surface area (Å²) < 4.78 is 8.32. The van der Waals surface area contributed by atoms with Crippen LogP contribution in [0.1, 0.15) is 56.6 Å². The fourth-order valence-corrected chi connectivity index (χ4v) is 3.52. The Morgan fingerprint density at radius 3 is 2.64 bits per heavy atom. The predicted molar refractivity (Wildman–Crippen MR) is 113 cm³/mol. The van der Waals surface area contributed by atoms with Gasteiger partial charge in [-0.3, -0.25) is 4.79 Å². The van der Waals surface area contributed by atoms with Crippen LogP contribution < -0.4 is 10.1 Å². The average molecular weight is 380 g/mol. The maximum Gasteiger partial charge on any atom is 0.217 e. The molecule has 0 aliphatic carbocycles. The maximum atomic E-state index is 11.5. The van der Waals surface area contributed by atoms with Crippen LogP contribution in [0.4, 0.5) is 0 Å². The zero-order valence-electron chi connectivity index (χ0n) is 17.3. The Morgan fingerprint density at radius 2 is 1.93 bits per heavy atom. The summed E-state index contributed by atoms with van der Waals surface area (Å²) in [6.45, 7) is 11.1. The van der Waals surface area contributed by atoms with Crippen molar-refractivity contribution in [3.63, 3.8) is 0 Å². The van der Waals surface area contributed by atoms with Gasteiger partial charge in [-0.15, -0.1) is 0 Å². The summed E-state index contributed by atoms with van der Waals surface area (Å²) in [7, 11) is 0. The first-order valence-corrected chi connectivity index (χ1v) is 9.82. The molecular weight excluding hydrogens is 350 g/mol. The molecule has 0 bridgehead atoms. The fraction of sp³-hybridized carbons (Fsp3) is 0.391. The van der Waals surface area contributed by atoms with Gasteiger partial charge in [0.15, 0.2) is 0 Å². The SMILES string of the molecule is CC(=O)NC(C)c1nc2ccccc2n1CCOc1cc(C)ccc1C(C)C. The van der Waals surface area contributed by atoms with E-state index in [1.165, 1.54) is 18.1 Å². The van der Waals surface area contributed by atoms with Crippen molar-refractivity contribution in [1.29, 1.82) is 0 Å². The summed E-state index contributed by atoms with van der Waals surface area (Å²) in [6.07, 6.45) is 0. The number of aryl methyl sites for hydroxylation is 1. The van der Waals surface area contributed by atoms with Gasteiger partial charge in [0.05, 0.1) is 23.6 Å². The number of amides is 1. The molecule has 2 aromatic carbocycles. The van der Waals surface area contributed by atoms with Crippen molar-refractivity contribution in [3.05, 3.63) is 59.4 Å². The molecule has 3 rings (SSSR count). The highest BCUT2D eigenvalue weighted by Crippen LogP contribution is 2.28. The third-order valence-corrected chi connectivity index (χ3v) is 4.85. The lowest BCUT2D eigenvalue weighted by Crippen LogP contribution is -2.27. The lowest BCUT2D eigenvalue weighted by molar-refractivity contribution is -0.119. The molecule has 3 aromatic rings. The van der Waals surface area contributed by atoms with Crippen LogP contribution in [-0.4, -0.2) is 22.1 Å². The Hall–Kier alpha value is -2.82. The number of nitrogens with zero attached hydrogens (tertiary/aromatic N) is 2. The number of carbonyl (C=O) groups excluding carboxylic acids is 1. The number of carbonyl (C=O) groups is 1. The Bertz CT molecular complexity index is 975. The van der Waals surface area contributed by atoms with Crippen LogP contribution >= 0.6 is 0 Å². The predicted octanol–water partition coefficient (Wildman–Crippen LogP) is 4.74. The molecule has 0 aliphatic heterocycles. The van der Waals surface area contributed by atoms with Crippen molar-refractivity contribution in [2.24, 2.45) is 0 Å². The molecule has 1 aromatic heterocycles. The van der Waals surface area contributed by atoms with Crippen LogP contribution in [0.5, 0.6) is 5.75 Å². The number of fused-ring (bicyclic) bond motifs is 1. The number of para-hydroxylation sites is 2. The molecule has 0 saturated heterocycles. The standard InChI is InChI=1S/C23H29N3O2/c1-15(2)19-11-10-16(3)14-22(19)28-13-12-26-21-9-7-6-8-20(21)25-23(26)17(4)24-18(5)27/h6-11,14-15,17H,12-13H2,1-5H3,(H,24,27). The normalized spacial score (nSPS) is 12.4. The van der Waals surface area contributed by atoms with Gasteiger partial charge in [-0.2, -0.15) is 0 Å². The molecule has 1 N–H and O–H groups in total. The van der Waals surface area contributed by atoms with Crippen molar-refractivity contribution < 1.29 is 9.53 Å². The third kappa shape index (κ3) is 4.35. The number of hydrogen-bond donors (Lipinski definition) is 1. The first-order valence-electron chi connectivity index (χ1n) is 9.82. The average Bonchev–Trinajstić information content (AvgIpc) is 3.00. The minimum absolute atomic E-state index is 0.0660. The van der Waals surface area contributed by atoms with E-state index in [1.54, 1.807) is 0 Å². The molecule has 1 unspecified atom stereocenters. The smallest absolute Gasteiger partial charge is 0.217 e. The first kappa shape index (κ1) is 19.9. The summed E-state index contributed by atoms with van der Waals surface area (Å²) in [5.41, 5.74) is 4.38. The van der Waals surface area contributed by atoms with Crippen LogP contribution in [0.15, 0.2) is 42.5 Å². The number of hydrogen-bond acceptors (Lipinski definition) is 3. The van der Waals surface area contributed by atoms with E-state index in [-0.39, 0.29) is 11.9 Å². The van der Waals surface area contributed by atoms with Crippen LogP contribution in [0.25, 0.3) is 11.0 Å². The van der Waals surface area contributed by atoms with Gasteiger partial charge in [0.25, 0.3) is 0 Å². The van der Waals surface area contributed by atoms with E-state index >= 15 is 0 Å². The summed E-state index contributed by atoms with van der Waals surface area (Å²) in [5.74, 6) is 2.12. The Kier molecular flexibility index (Phi) is 6.02. The van der Waals surface area contributed by atoms with Crippen LogP contribution in [-0.2, 0) is 11.3 Å². The molecule has 0 radical (unpaired) electrons. The molecule has 0 saturated carbocycles. The number of imidazole rings is 1. The highest BCUT2D eigenvalue weighted by molar-refractivity contribution is 5.77. The van der Waals surface area contributed by atoms with Crippen LogP contribution in [0.3, 0.4) is 0 Å². The van der Waals surface area contributed by atoms with E-state index < -0.39 is 0 Å². The molecule has 148 valence electrons. The van der Waals surface area contributed by atoms with Gasteiger partial charge in [-0.1, -0.05) is 38.1 Å². The topological polar surface area (TPSA) is 56.2 Å². The number of benzene rings is 2. The molecule has 1 atom stereocenters. The van der Waals surface area contributed by atoms with E-state index in [9.17, 15) is 4.79 Å². The van der Waals surface area contributed by atoms with Gasteiger partial charge >= 0.3 is 0 Å². The highest BCUT2D eigenvalue weighted by atomic mass is 16.5. The lowest BCUT2D eigenvalue weighted by atomic mass is 10.0. The summed E-state index contributed by atoms with van der Waals surface area (Å²) in [5, 5.41) is 2.94. The monoisotopic (exact) mass is 379 g/mol. The number of nitrogens with one attached hydrogen (secondary N) is 1. The van der Waals surface area contributed by atoms with Gasteiger partial charge in [0.2, 0.25) is 5.91 Å². The minimum atomic E-state index is -0.171. The largest absolute Gasteiger partial charge is 0.491 e. The number of rotatable bonds is 7. The molecule has 28 heavy (non-hydrogen) atoms. The van der Waals surface area contributed by atoms with E-state index in [1.807, 2.05) is 25.1 Å². The minimum Gasteiger partial charge on any atom is -0.491 e. The molecule has 5 nitrogen and oxygen atoms in total. The number of ether oxygens (including phenoxy) is 1. The van der Waals surface area contributed by atoms with Crippen LogP contribution in [0, 0.1) is 6.92 Å². The van der Waals surface area contributed by atoms with Crippen molar-refractivity contribution in [3.8, 4) is 5.75 Å². The van der Waals surface area contributed by atoms with Gasteiger partial charge < -0.3 is 14.6 Å². The number of aromatic nitrogens is 2. The van der Waals surface area contributed by atoms with Crippen molar-refractivity contribution >= 4 is 16.9 Å². The van der Waals surface area contributed by atoms with Gasteiger partial charge in [0.1, 0.15) is 18.2 Å². The van der Waals surface area contributed by atoms with E-state index in [0.717, 1.165) is 22.6 Å². The molecular formula is C23H29N3O2. The van der Waals surface area contributed by atoms with E-state index in [2.05, 4.69) is 54.9 Å². The van der Waals surface area contributed by atoms with E-state index in [0.29, 0.717) is 19.1 Å². The van der Waals surface area contributed by atoms with Crippen molar-refractivity contribution in [2.75, 3.05) is 6.61 Å². The molecule has 1 amide bonds. The molecule has 0 aliphatic rings. The molecule has 0 fully saturated rings. The Balaban J connectivity index is 1.84. The lowest BCUT2D eigenvalue weighted by Gasteiger charge is -2.18. The van der Waals surface area contributed by atoms with E-state index in [4.69, 9.17) is 9.72 Å². The van der Waals surface area contributed by atoms with Gasteiger partial charge in [-0.05, 0) is 49.1 Å². The second-order valence-electron chi connectivity index (χ2n) is 7.58. The zero-order chi connectivity index (χ0) is 20.3. The summed E-state index contributed by atoms with van der Waals surface area (Å²) in [6, 6.07) is 14.2. The molecule has 0 spiro atoms. The molecule has 5 heteroatoms. The fourth-order valence-electron chi connectivity index (χ4n) is 3.52. The second-order valence-corrected chi connectivity index (χ2v) is 7.58. The Morgan fingerprint density at radius 1 is 1.18 bits per heavy atom. The zero-order valence-corrected chi connectivity index (χ0v) is 17.3.